The maximum atomic E-state index is 13.7. The van der Waals surface area contributed by atoms with Gasteiger partial charge in [-0.05, 0) is 25.0 Å². The van der Waals surface area contributed by atoms with Crippen LogP contribution < -0.4 is 10.6 Å². The van der Waals surface area contributed by atoms with E-state index in [0.29, 0.717) is 12.8 Å². The molecule has 1 saturated carbocycles. The van der Waals surface area contributed by atoms with Gasteiger partial charge in [-0.3, -0.25) is 9.69 Å². The molecule has 7 heteroatoms. The Balaban J connectivity index is 0.00000120. The number of nitrogens with zero attached hydrogens (tertiary/aromatic N) is 2. The van der Waals surface area contributed by atoms with Crippen LogP contribution in [0.15, 0.2) is 18.3 Å². The molecule has 0 atom stereocenters. The lowest BCUT2D eigenvalue weighted by Gasteiger charge is -2.38. The first-order valence-corrected chi connectivity index (χ1v) is 5.44. The van der Waals surface area contributed by atoms with Gasteiger partial charge in [0.25, 0.3) is 0 Å². The van der Waals surface area contributed by atoms with E-state index < -0.39 is 11.8 Å². The number of hydrogen-bond acceptors (Lipinski definition) is 3. The molecule has 3 rings (SSSR count). The van der Waals surface area contributed by atoms with Gasteiger partial charge >= 0.3 is 11.8 Å². The average Bonchev–Trinajstić information content (AvgIpc) is 2.45. The molecule has 98 valence electrons. The van der Waals surface area contributed by atoms with E-state index in [9.17, 15) is 13.6 Å². The van der Waals surface area contributed by atoms with Crippen molar-refractivity contribution >= 4 is 28.7 Å². The second kappa shape index (κ2) is 4.24. The number of fused-ring (bicyclic) bond motifs is 1. The van der Waals surface area contributed by atoms with E-state index in [1.165, 1.54) is 18.3 Å². The van der Waals surface area contributed by atoms with Crippen molar-refractivity contribution < 1.29 is 13.6 Å². The molecule has 0 spiro atoms. The van der Waals surface area contributed by atoms with E-state index in [1.807, 2.05) is 0 Å². The third-order valence-corrected chi connectivity index (χ3v) is 3.36. The summed E-state index contributed by atoms with van der Waals surface area (Å²) in [6, 6.07) is 2.42. The largest absolute Gasteiger partial charge is 0.353 e. The Hall–Kier alpha value is -1.08. The third kappa shape index (κ3) is 1.65. The van der Waals surface area contributed by atoms with Gasteiger partial charge in [-0.25, -0.2) is 4.98 Å². The molecule has 0 unspecified atom stereocenters. The van der Waals surface area contributed by atoms with E-state index in [4.69, 9.17) is 5.73 Å². The minimum absolute atomic E-state index is 0. The van der Waals surface area contributed by atoms with Crippen LogP contribution in [0.4, 0.5) is 14.6 Å². The Bertz CT molecular complexity index is 491. The Kier molecular flexibility index (Phi) is 3.14. The molecule has 1 amide bonds. The van der Waals surface area contributed by atoms with Crippen molar-refractivity contribution in [1.82, 2.24) is 4.98 Å². The summed E-state index contributed by atoms with van der Waals surface area (Å²) in [4.78, 5) is 16.7. The molecule has 1 fully saturated rings. The van der Waals surface area contributed by atoms with Gasteiger partial charge in [-0.2, -0.15) is 8.78 Å². The summed E-state index contributed by atoms with van der Waals surface area (Å²) in [5, 5.41) is 0. The lowest BCUT2D eigenvalue weighted by atomic mass is 9.86. The lowest BCUT2D eigenvalue weighted by Crippen LogP contribution is -2.53. The molecule has 18 heavy (non-hydrogen) atoms. The van der Waals surface area contributed by atoms with Crippen molar-refractivity contribution in [2.45, 2.75) is 30.8 Å². The van der Waals surface area contributed by atoms with Gasteiger partial charge in [-0.15, -0.1) is 17.0 Å². The minimum Gasteiger partial charge on any atom is -0.328 e. The van der Waals surface area contributed by atoms with Crippen LogP contribution in [-0.4, -0.2) is 23.0 Å². The molecule has 0 aromatic carbocycles. The molecule has 1 aliphatic heterocycles. The van der Waals surface area contributed by atoms with Crippen LogP contribution in [0.5, 0.6) is 0 Å². The highest BCUT2D eigenvalue weighted by atomic mass is 79.9. The number of amides is 1. The molecule has 1 aliphatic carbocycles. The number of alkyl halides is 2. The van der Waals surface area contributed by atoms with E-state index in [2.05, 4.69) is 4.98 Å². The fraction of sp³-hybridized carbons (Fsp3) is 0.455. The zero-order valence-corrected chi connectivity index (χ0v) is 11.1. The fourth-order valence-corrected chi connectivity index (χ4v) is 2.38. The van der Waals surface area contributed by atoms with Gasteiger partial charge in [0.05, 0.1) is 5.56 Å². The van der Waals surface area contributed by atoms with Gasteiger partial charge in [-0.1, -0.05) is 0 Å². The first-order valence-electron chi connectivity index (χ1n) is 5.44. The number of rotatable bonds is 1. The first kappa shape index (κ1) is 13.4. The number of carbonyl (C=O) groups is 1. The molecular weight excluding hydrogens is 308 g/mol. The molecule has 2 N–H and O–H groups in total. The van der Waals surface area contributed by atoms with Gasteiger partial charge in [0.15, 0.2) is 0 Å². The van der Waals surface area contributed by atoms with Gasteiger partial charge in [0, 0.05) is 18.3 Å². The Morgan fingerprint density at radius 2 is 2.11 bits per heavy atom. The molecule has 4 nitrogen and oxygen atoms in total. The summed E-state index contributed by atoms with van der Waals surface area (Å²) in [5.74, 6) is -4.55. The summed E-state index contributed by atoms with van der Waals surface area (Å²) in [7, 11) is 0. The van der Waals surface area contributed by atoms with E-state index in [-0.39, 0.29) is 40.4 Å². The predicted molar refractivity (Wildman–Crippen MR) is 66.9 cm³/mol. The van der Waals surface area contributed by atoms with Gasteiger partial charge in [0.2, 0.25) is 0 Å². The molecule has 1 aromatic rings. The summed E-state index contributed by atoms with van der Waals surface area (Å²) in [6.45, 7) is 0. The van der Waals surface area contributed by atoms with Crippen molar-refractivity contribution in [3.05, 3.63) is 23.9 Å². The van der Waals surface area contributed by atoms with Crippen molar-refractivity contribution in [2.24, 2.45) is 5.73 Å². The number of halogens is 3. The topological polar surface area (TPSA) is 59.2 Å². The number of anilines is 1. The van der Waals surface area contributed by atoms with Crippen molar-refractivity contribution in [3.8, 4) is 0 Å². The number of hydrogen-bond donors (Lipinski definition) is 1. The zero-order valence-electron chi connectivity index (χ0n) is 9.35. The van der Waals surface area contributed by atoms with Crippen molar-refractivity contribution in [2.75, 3.05) is 4.90 Å². The number of nitrogens with two attached hydrogens (primary N) is 1. The van der Waals surface area contributed by atoms with Crippen molar-refractivity contribution in [1.29, 1.82) is 0 Å². The monoisotopic (exact) mass is 319 g/mol. The van der Waals surface area contributed by atoms with Crippen LogP contribution in [0, 0.1) is 0 Å². The maximum Gasteiger partial charge on any atom is 0.353 e. The molecule has 2 heterocycles. The normalized spacial score (nSPS) is 28.4. The lowest BCUT2D eigenvalue weighted by molar-refractivity contribution is -0.142. The van der Waals surface area contributed by atoms with Crippen LogP contribution >= 0.6 is 17.0 Å². The second-order valence-electron chi connectivity index (χ2n) is 4.51. The fourth-order valence-electron chi connectivity index (χ4n) is 2.38. The molecular formula is C11H12BrF2N3O. The van der Waals surface area contributed by atoms with Crippen LogP contribution in [0.25, 0.3) is 0 Å². The smallest absolute Gasteiger partial charge is 0.328 e. The molecule has 0 bridgehead atoms. The number of carbonyl (C=O) groups excluding carboxylic acids is 1. The number of aromatic nitrogens is 1. The molecule has 2 aliphatic rings. The average molecular weight is 320 g/mol. The van der Waals surface area contributed by atoms with Crippen molar-refractivity contribution in [3.63, 3.8) is 0 Å². The highest BCUT2D eigenvalue weighted by molar-refractivity contribution is 8.93. The maximum absolute atomic E-state index is 13.7. The highest BCUT2D eigenvalue weighted by Gasteiger charge is 2.56. The third-order valence-electron chi connectivity index (χ3n) is 3.36. The summed E-state index contributed by atoms with van der Waals surface area (Å²) in [5.41, 5.74) is 5.32. The number of pyridine rings is 1. The van der Waals surface area contributed by atoms with E-state index >= 15 is 0 Å². The molecule has 0 radical (unpaired) electrons. The Labute approximate surface area is 113 Å². The van der Waals surface area contributed by atoms with Gasteiger partial charge in [0.1, 0.15) is 5.82 Å². The van der Waals surface area contributed by atoms with E-state index in [1.54, 1.807) is 0 Å². The van der Waals surface area contributed by atoms with Crippen LogP contribution in [0.3, 0.4) is 0 Å². The molecule has 1 aromatic heterocycles. The minimum atomic E-state index is -3.46. The van der Waals surface area contributed by atoms with Gasteiger partial charge < -0.3 is 5.73 Å². The summed E-state index contributed by atoms with van der Waals surface area (Å²) >= 11 is 0. The second-order valence-corrected chi connectivity index (χ2v) is 4.51. The summed E-state index contributed by atoms with van der Waals surface area (Å²) < 4.78 is 27.5. The zero-order chi connectivity index (χ0) is 12.2. The molecule has 0 saturated heterocycles. The highest BCUT2D eigenvalue weighted by Crippen LogP contribution is 2.45. The Morgan fingerprint density at radius 1 is 1.44 bits per heavy atom. The Morgan fingerprint density at radius 3 is 2.72 bits per heavy atom. The van der Waals surface area contributed by atoms with E-state index in [0.717, 1.165) is 4.90 Å². The van der Waals surface area contributed by atoms with Crippen LogP contribution in [-0.2, 0) is 10.7 Å². The first-order chi connectivity index (χ1) is 8.01. The van der Waals surface area contributed by atoms with Crippen LogP contribution in [0.2, 0.25) is 0 Å². The predicted octanol–water partition coefficient (Wildman–Crippen LogP) is 1.59. The standard InChI is InChI=1S/C11H11F2N3O.BrH/c12-11(13)8-2-1-3-15-9(8)16(10(11)17)7-4-6(14)5-7;/h1-3,6-7H,4-5,14H2;1H. The summed E-state index contributed by atoms with van der Waals surface area (Å²) in [6.07, 6.45) is 2.52. The quantitative estimate of drug-likeness (QED) is 0.855. The SMILES string of the molecule is Br.NC1CC(N2C(=O)C(F)(F)c3cccnc32)C1. The van der Waals surface area contributed by atoms with Crippen LogP contribution in [0.1, 0.15) is 18.4 Å².